The molecule has 7 nitrogen and oxygen atoms in total. The molecule has 0 radical (unpaired) electrons. The van der Waals surface area contributed by atoms with Gasteiger partial charge in [-0.15, -0.1) is 11.8 Å². The second-order valence-electron chi connectivity index (χ2n) is 6.68. The second-order valence-corrected chi connectivity index (χ2v) is 9.55. The maximum atomic E-state index is 14.7. The van der Waals surface area contributed by atoms with Crippen LogP contribution in [-0.2, 0) is 14.8 Å². The molecule has 1 amide bonds. The van der Waals surface area contributed by atoms with Crippen LogP contribution in [0.25, 0.3) is 0 Å². The minimum atomic E-state index is -3.40. The van der Waals surface area contributed by atoms with Gasteiger partial charge in [0.25, 0.3) is 0 Å². The smallest absolute Gasteiger partial charge is 0.414 e. The molecule has 3 rings (SSSR count). The number of benzene rings is 1. The number of nitrogens with one attached hydrogen (secondary N) is 1. The molecule has 0 unspecified atom stereocenters. The number of sulfonamides is 1. The van der Waals surface area contributed by atoms with Gasteiger partial charge in [-0.2, -0.15) is 0 Å². The number of carbonyl (C=O) groups is 1. The number of hydrogen-bond donors (Lipinski definition) is 1. The van der Waals surface area contributed by atoms with Crippen LogP contribution in [0.1, 0.15) is 19.8 Å². The standard InChI is InChI=1S/C19H24FN3O4S2/c1-2-3-11-29(25,26)21-13-16-14-23(19(24)27-16)15-5-6-18(17(20)12-15)22-7-4-9-28-10-8-22/h4-8,10,12,16,21H,2-3,9,11,13-14H2,1H3/t16-/m0/s1. The minimum absolute atomic E-state index is 0.00408. The van der Waals surface area contributed by atoms with Gasteiger partial charge in [0.2, 0.25) is 10.0 Å². The summed E-state index contributed by atoms with van der Waals surface area (Å²) < 4.78 is 46.2. The zero-order chi connectivity index (χ0) is 20.9. The molecular weight excluding hydrogens is 417 g/mol. The molecule has 1 aromatic rings. The molecule has 2 aliphatic heterocycles. The maximum Gasteiger partial charge on any atom is 0.414 e. The van der Waals surface area contributed by atoms with Gasteiger partial charge in [-0.3, -0.25) is 4.90 Å². The van der Waals surface area contributed by atoms with E-state index in [-0.39, 0.29) is 18.8 Å². The van der Waals surface area contributed by atoms with Crippen LogP contribution in [0.2, 0.25) is 0 Å². The number of unbranched alkanes of at least 4 members (excludes halogenated alkanes) is 1. The van der Waals surface area contributed by atoms with Crippen LogP contribution in [0.3, 0.4) is 0 Å². The average molecular weight is 442 g/mol. The number of nitrogens with zero attached hydrogens (tertiary/aromatic N) is 2. The van der Waals surface area contributed by atoms with Crippen molar-refractivity contribution in [3.63, 3.8) is 0 Å². The number of amides is 1. The van der Waals surface area contributed by atoms with E-state index in [1.54, 1.807) is 41.2 Å². The topological polar surface area (TPSA) is 79.0 Å². The lowest BCUT2D eigenvalue weighted by atomic mass is 10.2. The van der Waals surface area contributed by atoms with E-state index in [0.717, 1.165) is 12.2 Å². The van der Waals surface area contributed by atoms with Crippen LogP contribution in [-0.4, -0.2) is 45.2 Å². The van der Waals surface area contributed by atoms with Crippen molar-refractivity contribution in [2.24, 2.45) is 0 Å². The number of cyclic esters (lactones) is 1. The molecule has 0 aromatic heterocycles. The Bertz CT molecular complexity index is 891. The third-order valence-corrected chi connectivity index (χ3v) is 6.60. The van der Waals surface area contributed by atoms with Crippen LogP contribution in [0, 0.1) is 5.82 Å². The Labute approximate surface area is 174 Å². The fourth-order valence-corrected chi connectivity index (χ4v) is 4.70. The van der Waals surface area contributed by atoms with Crippen molar-refractivity contribution in [1.82, 2.24) is 4.72 Å². The summed E-state index contributed by atoms with van der Waals surface area (Å²) in [4.78, 5) is 15.2. The molecule has 0 bridgehead atoms. The van der Waals surface area contributed by atoms with Gasteiger partial charge in [-0.05, 0) is 30.0 Å². The number of ether oxygens (including phenoxy) is 1. The van der Waals surface area contributed by atoms with Crippen molar-refractivity contribution in [3.8, 4) is 0 Å². The summed E-state index contributed by atoms with van der Waals surface area (Å²) in [7, 11) is -3.40. The fraction of sp³-hybridized carbons (Fsp3) is 0.421. The van der Waals surface area contributed by atoms with Crippen molar-refractivity contribution in [2.45, 2.75) is 25.9 Å². The highest BCUT2D eigenvalue weighted by molar-refractivity contribution is 8.02. The maximum absolute atomic E-state index is 14.7. The molecule has 1 fully saturated rings. The zero-order valence-corrected chi connectivity index (χ0v) is 17.7. The molecule has 2 heterocycles. The van der Waals surface area contributed by atoms with Gasteiger partial charge in [-0.1, -0.05) is 19.4 Å². The molecule has 2 aliphatic rings. The SMILES string of the molecule is CCCCS(=O)(=O)NC[C@H]1CN(c2ccc(N3C=CCSC=C3)c(F)c2)C(=O)O1. The normalized spacial score (nSPS) is 19.5. The Kier molecular flexibility index (Phi) is 7.20. The van der Waals surface area contributed by atoms with E-state index in [2.05, 4.69) is 4.72 Å². The van der Waals surface area contributed by atoms with E-state index in [9.17, 15) is 17.6 Å². The van der Waals surface area contributed by atoms with Gasteiger partial charge in [-0.25, -0.2) is 22.3 Å². The van der Waals surface area contributed by atoms with Crippen LogP contribution < -0.4 is 14.5 Å². The van der Waals surface area contributed by atoms with Crippen molar-refractivity contribution < 1.29 is 22.3 Å². The van der Waals surface area contributed by atoms with Crippen molar-refractivity contribution in [1.29, 1.82) is 0 Å². The largest absolute Gasteiger partial charge is 0.443 e. The Morgan fingerprint density at radius 2 is 2.17 bits per heavy atom. The van der Waals surface area contributed by atoms with E-state index in [1.165, 1.54) is 11.0 Å². The fourth-order valence-electron chi connectivity index (χ4n) is 2.92. The lowest BCUT2D eigenvalue weighted by Gasteiger charge is -2.18. The lowest BCUT2D eigenvalue weighted by molar-refractivity contribution is 0.143. The van der Waals surface area contributed by atoms with Crippen LogP contribution in [0.5, 0.6) is 0 Å². The number of thioether (sulfide) groups is 1. The Morgan fingerprint density at radius 1 is 1.34 bits per heavy atom. The third kappa shape index (κ3) is 5.74. The van der Waals surface area contributed by atoms with Crippen LogP contribution >= 0.6 is 11.8 Å². The lowest BCUT2D eigenvalue weighted by Crippen LogP contribution is -2.35. The summed E-state index contributed by atoms with van der Waals surface area (Å²) in [6.45, 7) is 2.05. The number of anilines is 2. The third-order valence-electron chi connectivity index (χ3n) is 4.47. The first kappa shape index (κ1) is 21.7. The average Bonchev–Trinajstić information content (AvgIpc) is 2.88. The van der Waals surface area contributed by atoms with E-state index < -0.39 is 28.0 Å². The number of hydrogen-bond acceptors (Lipinski definition) is 6. The van der Waals surface area contributed by atoms with E-state index in [4.69, 9.17) is 4.74 Å². The quantitative estimate of drug-likeness (QED) is 0.666. The molecular formula is C19H24FN3O4S2. The first-order valence-corrected chi connectivity index (χ1v) is 12.1. The number of halogens is 1. The zero-order valence-electron chi connectivity index (χ0n) is 16.1. The van der Waals surface area contributed by atoms with Crippen LogP contribution in [0.4, 0.5) is 20.6 Å². The van der Waals surface area contributed by atoms with E-state index in [0.29, 0.717) is 17.8 Å². The molecule has 0 spiro atoms. The van der Waals surface area contributed by atoms with Crippen molar-refractivity contribution >= 4 is 39.3 Å². The molecule has 29 heavy (non-hydrogen) atoms. The predicted molar refractivity (Wildman–Crippen MR) is 114 cm³/mol. The van der Waals surface area contributed by atoms with Gasteiger partial charge in [0.1, 0.15) is 11.9 Å². The van der Waals surface area contributed by atoms with Gasteiger partial charge < -0.3 is 9.64 Å². The molecule has 0 aliphatic carbocycles. The highest BCUT2D eigenvalue weighted by atomic mass is 32.2. The molecule has 10 heteroatoms. The van der Waals surface area contributed by atoms with Crippen molar-refractivity contribution in [3.05, 3.63) is 47.9 Å². The minimum Gasteiger partial charge on any atom is -0.443 e. The van der Waals surface area contributed by atoms with Crippen molar-refractivity contribution in [2.75, 3.05) is 34.4 Å². The molecule has 0 saturated carbocycles. The molecule has 1 aromatic carbocycles. The second kappa shape index (κ2) is 9.64. The Balaban J connectivity index is 1.65. The number of carbonyl (C=O) groups excluding carboxylic acids is 1. The predicted octanol–water partition coefficient (Wildman–Crippen LogP) is 3.41. The summed E-state index contributed by atoms with van der Waals surface area (Å²) in [6.07, 6.45) is 5.59. The Morgan fingerprint density at radius 3 is 2.93 bits per heavy atom. The first-order chi connectivity index (χ1) is 13.9. The molecule has 1 saturated heterocycles. The summed E-state index contributed by atoms with van der Waals surface area (Å²) in [5.74, 6) is 0.383. The monoisotopic (exact) mass is 441 g/mol. The molecule has 1 N–H and O–H groups in total. The van der Waals surface area contributed by atoms with E-state index >= 15 is 0 Å². The van der Waals surface area contributed by atoms with Gasteiger partial charge in [0.05, 0.1) is 23.7 Å². The Hall–Kier alpha value is -2.04. The highest BCUT2D eigenvalue weighted by Gasteiger charge is 2.33. The first-order valence-electron chi connectivity index (χ1n) is 9.38. The highest BCUT2D eigenvalue weighted by Crippen LogP contribution is 2.29. The number of rotatable bonds is 8. The van der Waals surface area contributed by atoms with Gasteiger partial charge in [0.15, 0.2) is 0 Å². The van der Waals surface area contributed by atoms with Crippen LogP contribution in [0.15, 0.2) is 42.1 Å². The van der Waals surface area contributed by atoms with Gasteiger partial charge >= 0.3 is 6.09 Å². The molecule has 158 valence electrons. The van der Waals surface area contributed by atoms with E-state index in [1.807, 2.05) is 18.4 Å². The van der Waals surface area contributed by atoms with Gasteiger partial charge in [0, 0.05) is 24.7 Å². The molecule has 1 atom stereocenters. The summed E-state index contributed by atoms with van der Waals surface area (Å²) in [5, 5.41) is 1.89. The summed E-state index contributed by atoms with van der Waals surface area (Å²) >= 11 is 1.60. The summed E-state index contributed by atoms with van der Waals surface area (Å²) in [6, 6.07) is 4.53. The summed E-state index contributed by atoms with van der Waals surface area (Å²) in [5.41, 5.74) is 0.737.